The lowest BCUT2D eigenvalue weighted by Gasteiger charge is -2.04. The van der Waals surface area contributed by atoms with Crippen molar-refractivity contribution < 1.29 is 4.39 Å². The second-order valence-corrected chi connectivity index (χ2v) is 5.18. The summed E-state index contributed by atoms with van der Waals surface area (Å²) in [5, 5.41) is 12.4. The van der Waals surface area contributed by atoms with Gasteiger partial charge in [0, 0.05) is 16.5 Å². The van der Waals surface area contributed by atoms with Crippen molar-refractivity contribution in [3.63, 3.8) is 0 Å². The standard InChI is InChI=1S/C13H11BrFN5/c14-8-1-2-10(15)9(7-8)11-3-4-12-17-18-13(5-6-16)20(12)19-11/h1-4,7H,5-6,16H2. The maximum atomic E-state index is 13.9. The number of rotatable bonds is 3. The Bertz CT molecular complexity index is 771. The molecule has 0 aliphatic heterocycles. The Morgan fingerprint density at radius 3 is 2.85 bits per heavy atom. The second-order valence-electron chi connectivity index (χ2n) is 4.27. The lowest BCUT2D eigenvalue weighted by atomic mass is 10.1. The molecule has 7 heteroatoms. The van der Waals surface area contributed by atoms with Crippen molar-refractivity contribution in [2.75, 3.05) is 6.54 Å². The van der Waals surface area contributed by atoms with Crippen LogP contribution in [0.2, 0.25) is 0 Å². The van der Waals surface area contributed by atoms with Crippen LogP contribution in [0.1, 0.15) is 5.82 Å². The van der Waals surface area contributed by atoms with Crippen LogP contribution < -0.4 is 5.73 Å². The summed E-state index contributed by atoms with van der Waals surface area (Å²) < 4.78 is 16.3. The number of hydrogen-bond acceptors (Lipinski definition) is 4. The van der Waals surface area contributed by atoms with Gasteiger partial charge >= 0.3 is 0 Å². The van der Waals surface area contributed by atoms with E-state index in [4.69, 9.17) is 5.73 Å². The smallest absolute Gasteiger partial charge is 0.177 e. The number of halogens is 2. The van der Waals surface area contributed by atoms with Crippen LogP contribution >= 0.6 is 15.9 Å². The van der Waals surface area contributed by atoms with E-state index in [1.165, 1.54) is 6.07 Å². The molecule has 2 N–H and O–H groups in total. The van der Waals surface area contributed by atoms with E-state index >= 15 is 0 Å². The molecule has 3 rings (SSSR count). The monoisotopic (exact) mass is 335 g/mol. The first-order chi connectivity index (χ1) is 9.69. The summed E-state index contributed by atoms with van der Waals surface area (Å²) in [6, 6.07) is 8.22. The average Bonchev–Trinajstić information content (AvgIpc) is 2.84. The highest BCUT2D eigenvalue weighted by molar-refractivity contribution is 9.10. The van der Waals surface area contributed by atoms with Gasteiger partial charge in [0.2, 0.25) is 0 Å². The van der Waals surface area contributed by atoms with Gasteiger partial charge in [-0.15, -0.1) is 10.2 Å². The maximum Gasteiger partial charge on any atom is 0.177 e. The van der Waals surface area contributed by atoms with Gasteiger partial charge in [-0.2, -0.15) is 9.61 Å². The maximum absolute atomic E-state index is 13.9. The van der Waals surface area contributed by atoms with Crippen LogP contribution in [0.4, 0.5) is 4.39 Å². The van der Waals surface area contributed by atoms with Crippen LogP contribution in [-0.2, 0) is 6.42 Å². The minimum absolute atomic E-state index is 0.325. The predicted octanol–water partition coefficient (Wildman–Crippen LogP) is 2.19. The number of fused-ring (bicyclic) bond motifs is 1. The molecule has 102 valence electrons. The van der Waals surface area contributed by atoms with Gasteiger partial charge in [0.05, 0.1) is 5.69 Å². The highest BCUT2D eigenvalue weighted by Crippen LogP contribution is 2.24. The van der Waals surface area contributed by atoms with Gasteiger partial charge in [-0.25, -0.2) is 4.39 Å². The van der Waals surface area contributed by atoms with Gasteiger partial charge in [0.15, 0.2) is 11.5 Å². The predicted molar refractivity (Wildman–Crippen MR) is 76.6 cm³/mol. The van der Waals surface area contributed by atoms with E-state index in [9.17, 15) is 4.39 Å². The van der Waals surface area contributed by atoms with E-state index in [0.717, 1.165) is 4.47 Å². The molecule has 2 aromatic heterocycles. The summed E-state index contributed by atoms with van der Waals surface area (Å²) in [5.74, 6) is 0.341. The molecule has 0 bridgehead atoms. The summed E-state index contributed by atoms with van der Waals surface area (Å²) in [4.78, 5) is 0. The van der Waals surface area contributed by atoms with Crippen molar-refractivity contribution in [2.45, 2.75) is 6.42 Å². The number of aromatic nitrogens is 4. The first-order valence-electron chi connectivity index (χ1n) is 6.06. The molecule has 0 saturated heterocycles. The van der Waals surface area contributed by atoms with E-state index in [1.807, 2.05) is 0 Å². The van der Waals surface area contributed by atoms with Crippen LogP contribution in [-0.4, -0.2) is 26.4 Å². The number of hydrogen-bond donors (Lipinski definition) is 1. The SMILES string of the molecule is NCCc1nnc2ccc(-c3cc(Br)ccc3F)nn12. The quantitative estimate of drug-likeness (QED) is 0.796. The Hall–Kier alpha value is -1.86. The molecule has 0 fully saturated rings. The van der Waals surface area contributed by atoms with Crippen LogP contribution in [0.3, 0.4) is 0 Å². The summed E-state index contributed by atoms with van der Waals surface area (Å²) in [6.07, 6.45) is 0.568. The van der Waals surface area contributed by atoms with Gasteiger partial charge in [-0.05, 0) is 36.9 Å². The molecule has 20 heavy (non-hydrogen) atoms. The molecule has 0 amide bonds. The second kappa shape index (κ2) is 5.26. The van der Waals surface area contributed by atoms with Gasteiger partial charge in [0.25, 0.3) is 0 Å². The van der Waals surface area contributed by atoms with Crippen molar-refractivity contribution in [2.24, 2.45) is 5.73 Å². The van der Waals surface area contributed by atoms with E-state index in [-0.39, 0.29) is 5.82 Å². The molecule has 1 aromatic carbocycles. The van der Waals surface area contributed by atoms with Crippen LogP contribution in [0.25, 0.3) is 16.9 Å². The van der Waals surface area contributed by atoms with E-state index in [1.54, 1.807) is 28.8 Å². The first kappa shape index (κ1) is 13.1. The fourth-order valence-electron chi connectivity index (χ4n) is 1.96. The highest BCUT2D eigenvalue weighted by Gasteiger charge is 2.11. The average molecular weight is 336 g/mol. The van der Waals surface area contributed by atoms with Crippen molar-refractivity contribution in [1.29, 1.82) is 0 Å². The number of nitrogens with zero attached hydrogens (tertiary/aromatic N) is 4. The van der Waals surface area contributed by atoms with Crippen molar-refractivity contribution >= 4 is 21.6 Å². The molecule has 2 heterocycles. The minimum atomic E-state index is -0.325. The number of nitrogens with two attached hydrogens (primary N) is 1. The topological polar surface area (TPSA) is 69.1 Å². The summed E-state index contributed by atoms with van der Waals surface area (Å²) in [6.45, 7) is 0.456. The van der Waals surface area contributed by atoms with Crippen molar-refractivity contribution in [1.82, 2.24) is 19.8 Å². The molecule has 3 aromatic rings. The van der Waals surface area contributed by atoms with E-state index < -0.39 is 0 Å². The largest absolute Gasteiger partial charge is 0.330 e. The third kappa shape index (κ3) is 2.30. The Labute approximate surface area is 122 Å². The molecule has 0 atom stereocenters. The fraction of sp³-hybridized carbons (Fsp3) is 0.154. The van der Waals surface area contributed by atoms with Crippen molar-refractivity contribution in [3.8, 4) is 11.3 Å². The minimum Gasteiger partial charge on any atom is -0.330 e. The first-order valence-corrected chi connectivity index (χ1v) is 6.85. The van der Waals surface area contributed by atoms with Crippen LogP contribution in [0.15, 0.2) is 34.8 Å². The summed E-state index contributed by atoms with van der Waals surface area (Å²) in [5.41, 5.74) is 7.09. The highest BCUT2D eigenvalue weighted by atomic mass is 79.9. The lowest BCUT2D eigenvalue weighted by Crippen LogP contribution is -2.08. The molecule has 5 nitrogen and oxygen atoms in total. The van der Waals surface area contributed by atoms with E-state index in [0.29, 0.717) is 35.7 Å². The fourth-order valence-corrected chi connectivity index (χ4v) is 2.32. The molecule has 0 unspecified atom stereocenters. The molecule has 0 aliphatic carbocycles. The Morgan fingerprint density at radius 2 is 2.05 bits per heavy atom. The molecular formula is C13H11BrFN5. The zero-order valence-corrected chi connectivity index (χ0v) is 12.0. The Balaban J connectivity index is 2.16. The van der Waals surface area contributed by atoms with Gasteiger partial charge < -0.3 is 5.73 Å². The van der Waals surface area contributed by atoms with Crippen molar-refractivity contribution in [3.05, 3.63) is 46.4 Å². The van der Waals surface area contributed by atoms with Gasteiger partial charge in [-0.3, -0.25) is 0 Å². The molecule has 0 saturated carbocycles. The third-order valence-corrected chi connectivity index (χ3v) is 3.39. The molecule has 0 aliphatic rings. The van der Waals surface area contributed by atoms with Crippen LogP contribution in [0.5, 0.6) is 0 Å². The molecule has 0 spiro atoms. The zero-order chi connectivity index (χ0) is 14.1. The molecule has 0 radical (unpaired) electrons. The molecular weight excluding hydrogens is 325 g/mol. The lowest BCUT2D eigenvalue weighted by molar-refractivity contribution is 0.629. The van der Waals surface area contributed by atoms with Gasteiger partial charge in [-0.1, -0.05) is 15.9 Å². The summed E-state index contributed by atoms with van der Waals surface area (Å²) in [7, 11) is 0. The normalized spacial score (nSPS) is 11.2. The van der Waals surface area contributed by atoms with Gasteiger partial charge in [0.1, 0.15) is 5.82 Å². The Morgan fingerprint density at radius 1 is 1.20 bits per heavy atom. The Kier molecular flexibility index (Phi) is 3.45. The van der Waals surface area contributed by atoms with E-state index in [2.05, 4.69) is 31.2 Å². The zero-order valence-electron chi connectivity index (χ0n) is 10.4. The number of benzene rings is 1. The van der Waals surface area contributed by atoms with Crippen LogP contribution in [0, 0.1) is 5.82 Å². The third-order valence-electron chi connectivity index (χ3n) is 2.90. The summed E-state index contributed by atoms with van der Waals surface area (Å²) >= 11 is 3.33.